The molecule has 1 heterocycles. The molecule has 1 amide bonds. The highest BCUT2D eigenvalue weighted by molar-refractivity contribution is 5.72. The van der Waals surface area contributed by atoms with Crippen molar-refractivity contribution < 1.29 is 4.79 Å². The van der Waals surface area contributed by atoms with E-state index >= 15 is 0 Å². The van der Waals surface area contributed by atoms with Crippen molar-refractivity contribution in [1.29, 1.82) is 0 Å². The summed E-state index contributed by atoms with van der Waals surface area (Å²) < 4.78 is 0. The van der Waals surface area contributed by atoms with Gasteiger partial charge in [-0.3, -0.25) is 9.78 Å². The first-order chi connectivity index (χ1) is 6.79. The molecule has 0 aliphatic carbocycles. The van der Waals surface area contributed by atoms with Crippen LogP contribution in [0.3, 0.4) is 0 Å². The summed E-state index contributed by atoms with van der Waals surface area (Å²) in [6.45, 7) is 6.21. The molecule has 0 radical (unpaired) electrons. The van der Waals surface area contributed by atoms with Crippen molar-refractivity contribution in [3.05, 3.63) is 30.1 Å². The van der Waals surface area contributed by atoms with Crippen LogP contribution in [0.4, 0.5) is 0 Å². The van der Waals surface area contributed by atoms with Gasteiger partial charge in [0.1, 0.15) is 0 Å². The summed E-state index contributed by atoms with van der Waals surface area (Å²) in [5.41, 5.74) is 1.19. The standard InChI is InChI=1S/C9H12N2O.C2H6/c1-8(12)11-7-4-9-2-5-10-6-3-9;1-2/h2-3,5-6H,4,7H2,1H3,(H,11,12);1-2H3. The highest BCUT2D eigenvalue weighted by Crippen LogP contribution is 1.95. The number of hydrogen-bond donors (Lipinski definition) is 1. The van der Waals surface area contributed by atoms with Crippen LogP contribution in [-0.2, 0) is 11.2 Å². The fraction of sp³-hybridized carbons (Fsp3) is 0.455. The zero-order chi connectivity index (χ0) is 10.8. The summed E-state index contributed by atoms with van der Waals surface area (Å²) in [5, 5.41) is 2.73. The zero-order valence-corrected chi connectivity index (χ0v) is 9.08. The van der Waals surface area contributed by atoms with Crippen molar-refractivity contribution in [2.75, 3.05) is 6.54 Å². The first-order valence-electron chi connectivity index (χ1n) is 4.92. The third-order valence-corrected chi connectivity index (χ3v) is 1.54. The second kappa shape index (κ2) is 8.23. The number of rotatable bonds is 3. The number of carbonyl (C=O) groups excluding carboxylic acids is 1. The Balaban J connectivity index is 0.000000791. The minimum atomic E-state index is 0.0176. The van der Waals surface area contributed by atoms with E-state index in [0.717, 1.165) is 6.42 Å². The third-order valence-electron chi connectivity index (χ3n) is 1.54. The normalized spacial score (nSPS) is 8.50. The molecule has 0 atom stereocenters. The molecule has 78 valence electrons. The Hall–Kier alpha value is -1.38. The van der Waals surface area contributed by atoms with Crippen LogP contribution < -0.4 is 5.32 Å². The summed E-state index contributed by atoms with van der Waals surface area (Å²) in [6.07, 6.45) is 4.37. The topological polar surface area (TPSA) is 42.0 Å². The molecule has 0 saturated carbocycles. The molecule has 0 aliphatic rings. The molecule has 0 aromatic carbocycles. The van der Waals surface area contributed by atoms with Gasteiger partial charge in [-0.15, -0.1) is 0 Å². The Bertz CT molecular complexity index is 247. The van der Waals surface area contributed by atoms with Gasteiger partial charge in [0.05, 0.1) is 0 Å². The summed E-state index contributed by atoms with van der Waals surface area (Å²) in [4.78, 5) is 14.4. The van der Waals surface area contributed by atoms with Crippen LogP contribution in [0.25, 0.3) is 0 Å². The third kappa shape index (κ3) is 6.17. The Morgan fingerprint density at radius 3 is 2.43 bits per heavy atom. The molecule has 1 rings (SSSR count). The number of aromatic nitrogens is 1. The number of pyridine rings is 1. The molecule has 1 aromatic rings. The molecule has 3 nitrogen and oxygen atoms in total. The van der Waals surface area contributed by atoms with Gasteiger partial charge in [0, 0.05) is 25.9 Å². The lowest BCUT2D eigenvalue weighted by Gasteiger charge is -2.00. The lowest BCUT2D eigenvalue weighted by molar-refractivity contribution is -0.118. The SMILES string of the molecule is CC.CC(=O)NCCc1ccncc1. The first-order valence-corrected chi connectivity index (χ1v) is 4.92. The fourth-order valence-electron chi connectivity index (χ4n) is 0.932. The molecule has 3 heteroatoms. The van der Waals surface area contributed by atoms with Gasteiger partial charge in [0.15, 0.2) is 0 Å². The van der Waals surface area contributed by atoms with Gasteiger partial charge in [-0.2, -0.15) is 0 Å². The van der Waals surface area contributed by atoms with Gasteiger partial charge in [0.2, 0.25) is 5.91 Å². The highest BCUT2D eigenvalue weighted by atomic mass is 16.1. The molecule has 0 saturated heterocycles. The Morgan fingerprint density at radius 1 is 1.36 bits per heavy atom. The van der Waals surface area contributed by atoms with Crippen LogP contribution in [0.5, 0.6) is 0 Å². The Kier molecular flexibility index (Phi) is 7.42. The Morgan fingerprint density at radius 2 is 1.93 bits per heavy atom. The summed E-state index contributed by atoms with van der Waals surface area (Å²) in [6, 6.07) is 3.89. The van der Waals surface area contributed by atoms with Crippen molar-refractivity contribution in [3.63, 3.8) is 0 Å². The van der Waals surface area contributed by atoms with Gasteiger partial charge < -0.3 is 5.32 Å². The van der Waals surface area contributed by atoms with Crippen LogP contribution in [0.15, 0.2) is 24.5 Å². The van der Waals surface area contributed by atoms with Crippen LogP contribution >= 0.6 is 0 Å². The van der Waals surface area contributed by atoms with E-state index in [9.17, 15) is 4.79 Å². The predicted octanol–water partition coefficient (Wildman–Crippen LogP) is 1.79. The van der Waals surface area contributed by atoms with Crippen LogP contribution in [0, 0.1) is 0 Å². The second-order valence-corrected chi connectivity index (χ2v) is 2.59. The first kappa shape index (κ1) is 12.6. The van der Waals surface area contributed by atoms with Gasteiger partial charge in [-0.25, -0.2) is 0 Å². The molecular formula is C11H18N2O. The maximum absolute atomic E-state index is 10.5. The Labute approximate surface area is 85.6 Å². The van der Waals surface area contributed by atoms with E-state index in [1.165, 1.54) is 12.5 Å². The number of nitrogens with zero attached hydrogens (tertiary/aromatic N) is 1. The molecule has 0 bridgehead atoms. The summed E-state index contributed by atoms with van der Waals surface area (Å²) in [7, 11) is 0. The van der Waals surface area contributed by atoms with Gasteiger partial charge >= 0.3 is 0 Å². The maximum Gasteiger partial charge on any atom is 0.216 e. The fourth-order valence-corrected chi connectivity index (χ4v) is 0.932. The van der Waals surface area contributed by atoms with Gasteiger partial charge in [0.25, 0.3) is 0 Å². The smallest absolute Gasteiger partial charge is 0.216 e. The average Bonchev–Trinajstić information content (AvgIpc) is 2.22. The lowest BCUT2D eigenvalue weighted by atomic mass is 10.2. The number of hydrogen-bond acceptors (Lipinski definition) is 2. The number of nitrogens with one attached hydrogen (secondary N) is 1. The van der Waals surface area contributed by atoms with E-state index in [-0.39, 0.29) is 5.91 Å². The van der Waals surface area contributed by atoms with E-state index in [1.807, 2.05) is 26.0 Å². The van der Waals surface area contributed by atoms with Crippen molar-refractivity contribution in [1.82, 2.24) is 10.3 Å². The zero-order valence-electron chi connectivity index (χ0n) is 9.08. The van der Waals surface area contributed by atoms with Crippen LogP contribution in [-0.4, -0.2) is 17.4 Å². The average molecular weight is 194 g/mol. The van der Waals surface area contributed by atoms with E-state index in [0.29, 0.717) is 6.54 Å². The minimum absolute atomic E-state index is 0.0176. The molecule has 0 spiro atoms. The molecule has 1 aromatic heterocycles. The maximum atomic E-state index is 10.5. The molecule has 1 N–H and O–H groups in total. The van der Waals surface area contributed by atoms with E-state index in [2.05, 4.69) is 10.3 Å². The van der Waals surface area contributed by atoms with E-state index in [4.69, 9.17) is 0 Å². The molecule has 0 fully saturated rings. The second-order valence-electron chi connectivity index (χ2n) is 2.59. The van der Waals surface area contributed by atoms with Crippen LogP contribution in [0.1, 0.15) is 26.3 Å². The molecule has 0 aliphatic heterocycles. The predicted molar refractivity (Wildman–Crippen MR) is 58.0 cm³/mol. The summed E-state index contributed by atoms with van der Waals surface area (Å²) >= 11 is 0. The van der Waals surface area contributed by atoms with Crippen molar-refractivity contribution in [2.45, 2.75) is 27.2 Å². The monoisotopic (exact) mass is 194 g/mol. The van der Waals surface area contributed by atoms with Gasteiger partial charge in [-0.05, 0) is 24.1 Å². The van der Waals surface area contributed by atoms with Crippen molar-refractivity contribution in [3.8, 4) is 0 Å². The summed E-state index contributed by atoms with van der Waals surface area (Å²) in [5.74, 6) is 0.0176. The number of carbonyl (C=O) groups is 1. The largest absolute Gasteiger partial charge is 0.356 e. The quantitative estimate of drug-likeness (QED) is 0.797. The van der Waals surface area contributed by atoms with Crippen molar-refractivity contribution >= 4 is 5.91 Å². The molecular weight excluding hydrogens is 176 g/mol. The lowest BCUT2D eigenvalue weighted by Crippen LogP contribution is -2.22. The number of amides is 1. The van der Waals surface area contributed by atoms with Crippen LogP contribution in [0.2, 0.25) is 0 Å². The van der Waals surface area contributed by atoms with E-state index in [1.54, 1.807) is 12.4 Å². The molecule has 0 unspecified atom stereocenters. The van der Waals surface area contributed by atoms with E-state index < -0.39 is 0 Å². The van der Waals surface area contributed by atoms with Gasteiger partial charge in [-0.1, -0.05) is 13.8 Å². The highest BCUT2D eigenvalue weighted by Gasteiger charge is 1.92. The molecule has 14 heavy (non-hydrogen) atoms. The minimum Gasteiger partial charge on any atom is -0.356 e. The van der Waals surface area contributed by atoms with Crippen molar-refractivity contribution in [2.24, 2.45) is 0 Å².